The van der Waals surface area contributed by atoms with E-state index in [2.05, 4.69) is 10.4 Å². The predicted molar refractivity (Wildman–Crippen MR) is 106 cm³/mol. The summed E-state index contributed by atoms with van der Waals surface area (Å²) in [6, 6.07) is 11.3. The standard InChI is InChI=1S/C21H17F2N3O2S/c1-12-10-18(27)20(25-26(12)17-5-3-2-4-15(17)23)21(28)24-16-8-9-29-19-7-6-13(22)11-14(16)19/h2-7,10-11,16H,8-9H2,1H3,(H,24,28). The summed E-state index contributed by atoms with van der Waals surface area (Å²) in [7, 11) is 0. The summed E-state index contributed by atoms with van der Waals surface area (Å²) in [6.45, 7) is 1.61. The van der Waals surface area contributed by atoms with E-state index in [1.807, 2.05) is 0 Å². The highest BCUT2D eigenvalue weighted by Crippen LogP contribution is 2.36. The minimum absolute atomic E-state index is 0.139. The molecule has 29 heavy (non-hydrogen) atoms. The maximum atomic E-state index is 14.2. The molecular formula is C21H17F2N3O2S. The molecule has 1 aliphatic heterocycles. The molecule has 0 saturated heterocycles. The van der Waals surface area contributed by atoms with Crippen LogP contribution in [0.25, 0.3) is 5.69 Å². The predicted octanol–water partition coefficient (Wildman–Crippen LogP) is 3.79. The van der Waals surface area contributed by atoms with Crippen LogP contribution in [0.2, 0.25) is 0 Å². The first-order chi connectivity index (χ1) is 13.9. The van der Waals surface area contributed by atoms with E-state index < -0.39 is 23.2 Å². The number of halogens is 2. The van der Waals surface area contributed by atoms with E-state index in [9.17, 15) is 18.4 Å². The van der Waals surface area contributed by atoms with Gasteiger partial charge in [-0.15, -0.1) is 11.8 Å². The van der Waals surface area contributed by atoms with Gasteiger partial charge >= 0.3 is 0 Å². The summed E-state index contributed by atoms with van der Waals surface area (Å²) < 4.78 is 29.1. The molecule has 1 N–H and O–H groups in total. The Morgan fingerprint density at radius 2 is 2.00 bits per heavy atom. The largest absolute Gasteiger partial charge is 0.344 e. The number of fused-ring (bicyclic) bond motifs is 1. The van der Waals surface area contributed by atoms with Gasteiger partial charge in [-0.1, -0.05) is 12.1 Å². The molecule has 148 valence electrons. The van der Waals surface area contributed by atoms with Crippen molar-refractivity contribution in [2.24, 2.45) is 0 Å². The summed E-state index contributed by atoms with van der Waals surface area (Å²) >= 11 is 1.59. The van der Waals surface area contributed by atoms with E-state index in [1.54, 1.807) is 36.9 Å². The van der Waals surface area contributed by atoms with Crippen molar-refractivity contribution in [2.45, 2.75) is 24.3 Å². The molecule has 2 aromatic carbocycles. The first kappa shape index (κ1) is 19.3. The Balaban J connectivity index is 1.69. The van der Waals surface area contributed by atoms with E-state index in [0.29, 0.717) is 17.7 Å². The first-order valence-corrected chi connectivity index (χ1v) is 10.0. The second kappa shape index (κ2) is 7.79. The topological polar surface area (TPSA) is 64.0 Å². The van der Waals surface area contributed by atoms with Crippen LogP contribution in [0.15, 0.2) is 58.2 Å². The second-order valence-corrected chi connectivity index (χ2v) is 7.84. The molecule has 8 heteroatoms. The average molecular weight is 413 g/mol. The number of nitrogens with zero attached hydrogens (tertiary/aromatic N) is 2. The van der Waals surface area contributed by atoms with Crippen molar-refractivity contribution in [3.05, 3.63) is 87.3 Å². The van der Waals surface area contributed by atoms with Crippen molar-refractivity contribution >= 4 is 17.7 Å². The maximum Gasteiger partial charge on any atom is 0.276 e. The number of hydrogen-bond acceptors (Lipinski definition) is 4. The monoisotopic (exact) mass is 413 g/mol. The fraction of sp³-hybridized carbons (Fsp3) is 0.190. The van der Waals surface area contributed by atoms with Crippen molar-refractivity contribution < 1.29 is 13.6 Å². The highest BCUT2D eigenvalue weighted by Gasteiger charge is 2.25. The van der Waals surface area contributed by atoms with Gasteiger partial charge in [-0.25, -0.2) is 13.5 Å². The normalized spacial score (nSPS) is 15.6. The van der Waals surface area contributed by atoms with Crippen LogP contribution in [0.4, 0.5) is 8.78 Å². The zero-order valence-corrected chi connectivity index (χ0v) is 16.3. The SMILES string of the molecule is Cc1cc(=O)c(C(=O)NC2CCSc3ccc(F)cc32)nn1-c1ccccc1F. The molecule has 3 aromatic rings. The molecule has 0 saturated carbocycles. The summed E-state index contributed by atoms with van der Waals surface area (Å²) in [5.74, 6) is -0.829. The lowest BCUT2D eigenvalue weighted by atomic mass is 10.0. The molecule has 0 aliphatic carbocycles. The van der Waals surface area contributed by atoms with E-state index in [0.717, 1.165) is 10.6 Å². The minimum atomic E-state index is -0.674. The Labute approximate surface area is 169 Å². The Bertz CT molecular complexity index is 1160. The van der Waals surface area contributed by atoms with Gasteiger partial charge in [-0.05, 0) is 49.2 Å². The molecule has 1 aliphatic rings. The third-order valence-electron chi connectivity index (χ3n) is 4.72. The van der Waals surface area contributed by atoms with Gasteiger partial charge < -0.3 is 5.32 Å². The van der Waals surface area contributed by atoms with Gasteiger partial charge in [-0.3, -0.25) is 9.59 Å². The summed E-state index contributed by atoms with van der Waals surface area (Å²) in [5, 5.41) is 6.90. The molecule has 4 rings (SSSR count). The van der Waals surface area contributed by atoms with Crippen LogP contribution in [0.5, 0.6) is 0 Å². The lowest BCUT2D eigenvalue weighted by Gasteiger charge is -2.25. The minimum Gasteiger partial charge on any atom is -0.344 e. The molecule has 1 unspecified atom stereocenters. The highest BCUT2D eigenvalue weighted by molar-refractivity contribution is 7.99. The molecule has 0 spiro atoms. The Morgan fingerprint density at radius 3 is 2.79 bits per heavy atom. The number of hydrogen-bond donors (Lipinski definition) is 1. The van der Waals surface area contributed by atoms with Gasteiger partial charge in [-0.2, -0.15) is 5.10 Å². The zero-order valence-electron chi connectivity index (χ0n) is 15.5. The van der Waals surface area contributed by atoms with Crippen molar-refractivity contribution in [1.82, 2.24) is 15.1 Å². The molecule has 2 heterocycles. The number of carbonyl (C=O) groups excluding carboxylic acids is 1. The van der Waals surface area contributed by atoms with Crippen LogP contribution in [0, 0.1) is 18.6 Å². The Hall–Kier alpha value is -3.00. The van der Waals surface area contributed by atoms with Crippen molar-refractivity contribution in [3.63, 3.8) is 0 Å². The Kier molecular flexibility index (Phi) is 5.19. The lowest BCUT2D eigenvalue weighted by molar-refractivity contribution is 0.0926. The number of para-hydroxylation sites is 1. The molecule has 1 atom stereocenters. The van der Waals surface area contributed by atoms with Crippen molar-refractivity contribution in [1.29, 1.82) is 0 Å². The number of benzene rings is 2. The lowest BCUT2D eigenvalue weighted by Crippen LogP contribution is -2.35. The average Bonchev–Trinajstić information content (AvgIpc) is 2.69. The number of thioether (sulfide) groups is 1. The number of aryl methyl sites for hydroxylation is 1. The van der Waals surface area contributed by atoms with Crippen LogP contribution in [-0.2, 0) is 0 Å². The van der Waals surface area contributed by atoms with Gasteiger partial charge in [0, 0.05) is 22.4 Å². The summed E-state index contributed by atoms with van der Waals surface area (Å²) in [4.78, 5) is 26.1. The molecule has 1 aromatic heterocycles. The molecular weight excluding hydrogens is 396 g/mol. The first-order valence-electron chi connectivity index (χ1n) is 9.03. The Morgan fingerprint density at radius 1 is 1.21 bits per heavy atom. The maximum absolute atomic E-state index is 14.2. The van der Waals surface area contributed by atoms with E-state index in [4.69, 9.17) is 0 Å². The molecule has 0 radical (unpaired) electrons. The van der Waals surface area contributed by atoms with Crippen LogP contribution < -0.4 is 10.7 Å². The van der Waals surface area contributed by atoms with E-state index in [-0.39, 0.29) is 17.2 Å². The van der Waals surface area contributed by atoms with Gasteiger partial charge in [0.2, 0.25) is 5.43 Å². The quantitative estimate of drug-likeness (QED) is 0.710. The number of rotatable bonds is 3. The van der Waals surface area contributed by atoms with Crippen LogP contribution >= 0.6 is 11.8 Å². The third kappa shape index (κ3) is 3.80. The molecule has 5 nitrogen and oxygen atoms in total. The summed E-state index contributed by atoms with van der Waals surface area (Å²) in [5.41, 5.74) is 0.321. The fourth-order valence-corrected chi connectivity index (χ4v) is 4.42. The molecule has 0 bridgehead atoms. The summed E-state index contributed by atoms with van der Waals surface area (Å²) in [6.07, 6.45) is 0.597. The molecule has 1 amide bonds. The van der Waals surface area contributed by atoms with Gasteiger partial charge in [0.1, 0.15) is 17.3 Å². The van der Waals surface area contributed by atoms with Crippen LogP contribution in [-0.4, -0.2) is 21.4 Å². The van der Waals surface area contributed by atoms with Crippen molar-refractivity contribution in [2.75, 3.05) is 5.75 Å². The van der Waals surface area contributed by atoms with E-state index >= 15 is 0 Å². The van der Waals surface area contributed by atoms with Gasteiger partial charge in [0.25, 0.3) is 5.91 Å². The second-order valence-electron chi connectivity index (χ2n) is 6.71. The smallest absolute Gasteiger partial charge is 0.276 e. The van der Waals surface area contributed by atoms with Gasteiger partial charge in [0.15, 0.2) is 5.69 Å². The van der Waals surface area contributed by atoms with Crippen molar-refractivity contribution in [3.8, 4) is 5.69 Å². The number of amides is 1. The zero-order chi connectivity index (χ0) is 20.5. The van der Waals surface area contributed by atoms with Crippen LogP contribution in [0.3, 0.4) is 0 Å². The molecule has 0 fully saturated rings. The number of aromatic nitrogens is 2. The fourth-order valence-electron chi connectivity index (χ4n) is 3.31. The van der Waals surface area contributed by atoms with Gasteiger partial charge in [0.05, 0.1) is 6.04 Å². The number of nitrogens with one attached hydrogen (secondary N) is 1. The van der Waals surface area contributed by atoms with E-state index in [1.165, 1.54) is 35.0 Å². The highest BCUT2D eigenvalue weighted by atomic mass is 32.2. The third-order valence-corrected chi connectivity index (χ3v) is 5.84. The van der Waals surface area contributed by atoms with Crippen LogP contribution in [0.1, 0.15) is 34.2 Å². The number of carbonyl (C=O) groups is 1.